The van der Waals surface area contributed by atoms with Gasteiger partial charge in [0.25, 0.3) is 0 Å². The fourth-order valence-electron chi connectivity index (χ4n) is 2.20. The van der Waals surface area contributed by atoms with Gasteiger partial charge in [0.15, 0.2) is 0 Å². The van der Waals surface area contributed by atoms with E-state index < -0.39 is 0 Å². The number of benzene rings is 2. The molecule has 23 heavy (non-hydrogen) atoms. The van der Waals surface area contributed by atoms with E-state index in [1.54, 1.807) is 7.11 Å². The van der Waals surface area contributed by atoms with Crippen LogP contribution in [0.3, 0.4) is 0 Å². The third-order valence-electron chi connectivity index (χ3n) is 3.66. The third-order valence-corrected chi connectivity index (χ3v) is 3.66. The minimum Gasteiger partial charge on any atom is -0.497 e. The number of hydrogen-bond donors (Lipinski definition) is 0. The van der Waals surface area contributed by atoms with Gasteiger partial charge >= 0.3 is 0 Å². The van der Waals surface area contributed by atoms with Crippen LogP contribution in [0, 0.1) is 18.8 Å². The van der Waals surface area contributed by atoms with Crippen LogP contribution in [-0.4, -0.2) is 12.9 Å². The first-order valence-corrected chi connectivity index (χ1v) is 7.87. The summed E-state index contributed by atoms with van der Waals surface area (Å²) in [5.74, 6) is 7.28. The smallest absolute Gasteiger partial charge is 0.134 e. The number of carbonyl (C=O) groups excluding carboxylic acids is 1. The molecular weight excluding hydrogens is 284 g/mol. The summed E-state index contributed by atoms with van der Waals surface area (Å²) < 4.78 is 5.12. The zero-order valence-electron chi connectivity index (χ0n) is 13.8. The van der Waals surface area contributed by atoms with Gasteiger partial charge in [-0.2, -0.15) is 0 Å². The molecule has 0 aliphatic rings. The topological polar surface area (TPSA) is 26.3 Å². The van der Waals surface area contributed by atoms with E-state index in [4.69, 9.17) is 4.74 Å². The summed E-state index contributed by atoms with van der Waals surface area (Å²) in [6.45, 7) is 2.05. The Morgan fingerprint density at radius 1 is 1.00 bits per heavy atom. The summed E-state index contributed by atoms with van der Waals surface area (Å²) in [6, 6.07) is 16.0. The molecule has 2 nitrogen and oxygen atoms in total. The van der Waals surface area contributed by atoms with Gasteiger partial charge in [0, 0.05) is 24.8 Å². The number of hydrogen-bond acceptors (Lipinski definition) is 2. The Hall–Kier alpha value is -2.53. The van der Waals surface area contributed by atoms with E-state index >= 15 is 0 Å². The van der Waals surface area contributed by atoms with Gasteiger partial charge in [-0.3, -0.25) is 4.79 Å². The number of rotatable bonds is 6. The monoisotopic (exact) mass is 306 g/mol. The summed E-state index contributed by atoms with van der Waals surface area (Å²) in [5.41, 5.74) is 3.38. The second-order valence-electron chi connectivity index (χ2n) is 5.55. The fraction of sp³-hybridized carbons (Fsp3) is 0.286. The van der Waals surface area contributed by atoms with E-state index in [0.717, 1.165) is 23.3 Å². The lowest BCUT2D eigenvalue weighted by molar-refractivity contribution is -0.118. The second kappa shape index (κ2) is 8.80. The summed E-state index contributed by atoms with van der Waals surface area (Å²) in [6.07, 6.45) is 2.48. The lowest BCUT2D eigenvalue weighted by Gasteiger charge is -2.02. The maximum atomic E-state index is 11.9. The van der Waals surface area contributed by atoms with E-state index in [-0.39, 0.29) is 5.78 Å². The number of ketones is 1. The van der Waals surface area contributed by atoms with Crippen LogP contribution in [0.15, 0.2) is 48.5 Å². The summed E-state index contributed by atoms with van der Waals surface area (Å²) in [4.78, 5) is 11.9. The Labute approximate surface area is 138 Å². The highest BCUT2D eigenvalue weighted by Gasteiger charge is 2.02. The van der Waals surface area contributed by atoms with Crippen molar-refractivity contribution in [2.75, 3.05) is 7.11 Å². The standard InChI is InChI=1S/C21H22O2/c1-17-7-9-18(10-8-17)5-3-4-6-20(22)14-11-19-12-15-21(23-2)16-13-19/h7-10,12-13,15-16H,4,6,11,14H2,1-2H3. The molecule has 0 aliphatic heterocycles. The largest absolute Gasteiger partial charge is 0.497 e. The quantitative estimate of drug-likeness (QED) is 0.742. The lowest BCUT2D eigenvalue weighted by atomic mass is 10.0. The molecule has 0 saturated heterocycles. The van der Waals surface area contributed by atoms with Crippen molar-refractivity contribution < 1.29 is 9.53 Å². The number of ether oxygens (including phenoxy) is 1. The van der Waals surface area contributed by atoms with Crippen LogP contribution in [0.1, 0.15) is 36.0 Å². The third kappa shape index (κ3) is 6.00. The van der Waals surface area contributed by atoms with Crippen LogP contribution >= 0.6 is 0 Å². The van der Waals surface area contributed by atoms with Gasteiger partial charge in [-0.1, -0.05) is 41.7 Å². The van der Waals surface area contributed by atoms with Crippen molar-refractivity contribution in [3.8, 4) is 17.6 Å². The van der Waals surface area contributed by atoms with Crippen LogP contribution in [0.4, 0.5) is 0 Å². The Morgan fingerprint density at radius 3 is 2.35 bits per heavy atom. The first-order chi connectivity index (χ1) is 11.2. The Morgan fingerprint density at radius 2 is 1.70 bits per heavy atom. The molecule has 0 radical (unpaired) electrons. The van der Waals surface area contributed by atoms with E-state index in [2.05, 4.69) is 18.8 Å². The van der Waals surface area contributed by atoms with E-state index in [9.17, 15) is 4.79 Å². The molecule has 0 fully saturated rings. The highest BCUT2D eigenvalue weighted by Crippen LogP contribution is 2.13. The highest BCUT2D eigenvalue weighted by molar-refractivity contribution is 5.78. The van der Waals surface area contributed by atoms with Gasteiger partial charge in [-0.05, 0) is 43.2 Å². The molecule has 0 N–H and O–H groups in total. The van der Waals surface area contributed by atoms with Crippen molar-refractivity contribution in [3.63, 3.8) is 0 Å². The normalized spacial score (nSPS) is 9.83. The molecule has 0 amide bonds. The average Bonchev–Trinajstić information content (AvgIpc) is 2.59. The number of methoxy groups -OCH3 is 1. The molecular formula is C21H22O2. The molecule has 0 atom stereocenters. The lowest BCUT2D eigenvalue weighted by Crippen LogP contribution is -1.99. The molecule has 2 heteroatoms. The van der Waals surface area contributed by atoms with E-state index in [0.29, 0.717) is 19.3 Å². The van der Waals surface area contributed by atoms with Crippen LogP contribution < -0.4 is 4.74 Å². The Balaban J connectivity index is 1.71. The zero-order valence-corrected chi connectivity index (χ0v) is 13.8. The van der Waals surface area contributed by atoms with Crippen LogP contribution in [0.2, 0.25) is 0 Å². The van der Waals surface area contributed by atoms with Crippen LogP contribution in [-0.2, 0) is 11.2 Å². The van der Waals surface area contributed by atoms with Crippen molar-refractivity contribution in [1.29, 1.82) is 0 Å². The molecule has 118 valence electrons. The van der Waals surface area contributed by atoms with Crippen molar-refractivity contribution in [1.82, 2.24) is 0 Å². The van der Waals surface area contributed by atoms with Crippen LogP contribution in [0.25, 0.3) is 0 Å². The number of Topliss-reactive ketones (excluding diaryl/α,β-unsaturated/α-hetero) is 1. The molecule has 2 aromatic carbocycles. The first-order valence-electron chi connectivity index (χ1n) is 7.87. The SMILES string of the molecule is COc1ccc(CCC(=O)CCC#Cc2ccc(C)cc2)cc1. The molecule has 0 saturated carbocycles. The average molecular weight is 306 g/mol. The summed E-state index contributed by atoms with van der Waals surface area (Å²) >= 11 is 0. The van der Waals surface area contributed by atoms with Crippen LogP contribution in [0.5, 0.6) is 5.75 Å². The van der Waals surface area contributed by atoms with Crippen molar-refractivity contribution >= 4 is 5.78 Å². The van der Waals surface area contributed by atoms with Gasteiger partial charge in [0.1, 0.15) is 11.5 Å². The van der Waals surface area contributed by atoms with Crippen molar-refractivity contribution in [3.05, 3.63) is 65.2 Å². The zero-order chi connectivity index (χ0) is 16.5. The molecule has 0 aliphatic carbocycles. The van der Waals surface area contributed by atoms with Gasteiger partial charge < -0.3 is 4.74 Å². The van der Waals surface area contributed by atoms with Gasteiger partial charge in [-0.15, -0.1) is 0 Å². The second-order valence-corrected chi connectivity index (χ2v) is 5.55. The molecule has 0 bridgehead atoms. The molecule has 0 heterocycles. The summed E-state index contributed by atoms with van der Waals surface area (Å²) in [5, 5.41) is 0. The molecule has 2 aromatic rings. The maximum Gasteiger partial charge on any atom is 0.134 e. The maximum absolute atomic E-state index is 11.9. The predicted octanol–water partition coefficient (Wildman–Crippen LogP) is 4.34. The Bertz CT molecular complexity index is 685. The molecule has 0 aromatic heterocycles. The van der Waals surface area contributed by atoms with Gasteiger partial charge in [-0.25, -0.2) is 0 Å². The molecule has 0 spiro atoms. The minimum atomic E-state index is 0.263. The highest BCUT2D eigenvalue weighted by atomic mass is 16.5. The van der Waals surface area contributed by atoms with Crippen molar-refractivity contribution in [2.45, 2.75) is 32.6 Å². The van der Waals surface area contributed by atoms with E-state index in [1.165, 1.54) is 5.56 Å². The minimum absolute atomic E-state index is 0.263. The van der Waals surface area contributed by atoms with Gasteiger partial charge in [0.2, 0.25) is 0 Å². The van der Waals surface area contributed by atoms with Gasteiger partial charge in [0.05, 0.1) is 7.11 Å². The molecule has 2 rings (SSSR count). The summed E-state index contributed by atoms with van der Waals surface area (Å²) in [7, 11) is 1.65. The number of aryl methyl sites for hydroxylation is 2. The van der Waals surface area contributed by atoms with Crippen molar-refractivity contribution in [2.24, 2.45) is 0 Å². The predicted molar refractivity (Wildman–Crippen MR) is 93.6 cm³/mol. The Kier molecular flexibility index (Phi) is 6.44. The number of carbonyl (C=O) groups is 1. The first kappa shape index (κ1) is 16.8. The fourth-order valence-corrected chi connectivity index (χ4v) is 2.20. The van der Waals surface area contributed by atoms with E-state index in [1.807, 2.05) is 48.5 Å². The molecule has 0 unspecified atom stereocenters.